The summed E-state index contributed by atoms with van der Waals surface area (Å²) in [5, 5.41) is 3.43. The Bertz CT molecular complexity index is 1130. The molecule has 29 heavy (non-hydrogen) atoms. The molecule has 146 valence electrons. The molecule has 0 atom stereocenters. The number of alkyl halides is 3. The van der Waals surface area contributed by atoms with E-state index in [-0.39, 0.29) is 18.0 Å². The number of nitrogens with zero attached hydrogens (tertiary/aromatic N) is 2. The van der Waals surface area contributed by atoms with Crippen molar-refractivity contribution in [2.75, 3.05) is 5.32 Å². The highest BCUT2D eigenvalue weighted by Crippen LogP contribution is 2.38. The van der Waals surface area contributed by atoms with E-state index >= 15 is 0 Å². The van der Waals surface area contributed by atoms with Crippen molar-refractivity contribution >= 4 is 22.4 Å². The number of anilines is 2. The molecular formula is C22H16F3N3O. The molecule has 1 N–H and O–H groups in total. The molecule has 4 aromatic rings. The topological polar surface area (TPSA) is 47.0 Å². The van der Waals surface area contributed by atoms with Crippen LogP contribution in [0.15, 0.2) is 79.1 Å². The average Bonchev–Trinajstić information content (AvgIpc) is 2.73. The number of halogens is 3. The highest BCUT2D eigenvalue weighted by molar-refractivity contribution is 5.90. The van der Waals surface area contributed by atoms with E-state index in [2.05, 4.69) is 15.3 Å². The maximum atomic E-state index is 13.7. The van der Waals surface area contributed by atoms with Crippen LogP contribution in [0.25, 0.3) is 10.9 Å². The molecule has 0 radical (unpaired) electrons. The van der Waals surface area contributed by atoms with Crippen molar-refractivity contribution in [2.45, 2.75) is 12.8 Å². The minimum atomic E-state index is -4.56. The van der Waals surface area contributed by atoms with E-state index in [9.17, 15) is 13.2 Å². The predicted molar refractivity (Wildman–Crippen MR) is 105 cm³/mol. The molecule has 1 heterocycles. The molecule has 0 aliphatic heterocycles. The maximum Gasteiger partial charge on any atom is 0.418 e. The molecule has 7 heteroatoms. The minimum Gasteiger partial charge on any atom is -0.489 e. The van der Waals surface area contributed by atoms with Gasteiger partial charge in [0.05, 0.1) is 16.8 Å². The summed E-state index contributed by atoms with van der Waals surface area (Å²) in [7, 11) is 0. The molecule has 4 nitrogen and oxygen atoms in total. The molecule has 0 aliphatic rings. The van der Waals surface area contributed by atoms with E-state index in [1.807, 2.05) is 30.3 Å². The van der Waals surface area contributed by atoms with E-state index in [0.29, 0.717) is 16.7 Å². The van der Waals surface area contributed by atoms with Gasteiger partial charge in [0.1, 0.15) is 24.5 Å². The van der Waals surface area contributed by atoms with Gasteiger partial charge in [-0.3, -0.25) is 0 Å². The summed E-state index contributed by atoms with van der Waals surface area (Å²) in [4.78, 5) is 8.23. The fourth-order valence-electron chi connectivity index (χ4n) is 2.93. The van der Waals surface area contributed by atoms with Crippen molar-refractivity contribution in [1.82, 2.24) is 9.97 Å². The Morgan fingerprint density at radius 1 is 0.862 bits per heavy atom. The van der Waals surface area contributed by atoms with Crippen molar-refractivity contribution in [3.8, 4) is 5.75 Å². The zero-order valence-corrected chi connectivity index (χ0v) is 15.1. The number of benzene rings is 3. The number of aromatic nitrogens is 2. The summed E-state index contributed by atoms with van der Waals surface area (Å²) in [6, 6.07) is 20.2. The summed E-state index contributed by atoms with van der Waals surface area (Å²) in [6.07, 6.45) is -3.24. The lowest BCUT2D eigenvalue weighted by Gasteiger charge is -2.17. The number of rotatable bonds is 5. The Labute approximate surface area is 165 Å². The molecule has 0 saturated heterocycles. The molecule has 1 aromatic heterocycles. The van der Waals surface area contributed by atoms with Crippen LogP contribution in [0, 0.1) is 0 Å². The summed E-state index contributed by atoms with van der Waals surface area (Å²) < 4.78 is 46.6. The van der Waals surface area contributed by atoms with Crippen LogP contribution in [0.2, 0.25) is 0 Å². The third-order valence-corrected chi connectivity index (χ3v) is 4.34. The third-order valence-electron chi connectivity index (χ3n) is 4.34. The Hall–Kier alpha value is -3.61. The van der Waals surface area contributed by atoms with Gasteiger partial charge in [-0.1, -0.05) is 42.5 Å². The zero-order chi connectivity index (χ0) is 20.3. The lowest BCUT2D eigenvalue weighted by molar-refractivity contribution is -0.137. The standard InChI is InChI=1S/C22H16F3N3O/c23-22(24,25)18-12-16(29-13-15-6-2-1-3-7-15)10-11-20(18)28-21-17-8-4-5-9-19(17)26-14-27-21/h1-12,14H,13H2,(H,26,27,28). The molecule has 0 bridgehead atoms. The first kappa shape index (κ1) is 18.7. The monoisotopic (exact) mass is 395 g/mol. The summed E-state index contributed by atoms with van der Waals surface area (Å²) in [5.74, 6) is 0.443. The first-order valence-corrected chi connectivity index (χ1v) is 8.85. The molecule has 0 fully saturated rings. The smallest absolute Gasteiger partial charge is 0.418 e. The molecular weight excluding hydrogens is 379 g/mol. The molecule has 0 unspecified atom stereocenters. The van der Waals surface area contributed by atoms with Crippen LogP contribution in [0.3, 0.4) is 0 Å². The Morgan fingerprint density at radius 2 is 1.62 bits per heavy atom. The Morgan fingerprint density at radius 3 is 2.41 bits per heavy atom. The number of ether oxygens (including phenoxy) is 1. The summed E-state index contributed by atoms with van der Waals surface area (Å²) in [5.41, 5.74) is 0.580. The fourth-order valence-corrected chi connectivity index (χ4v) is 2.93. The largest absolute Gasteiger partial charge is 0.489 e. The van der Waals surface area contributed by atoms with Crippen molar-refractivity contribution in [3.05, 3.63) is 90.3 Å². The van der Waals surface area contributed by atoms with Gasteiger partial charge in [0.25, 0.3) is 0 Å². The normalized spacial score (nSPS) is 11.4. The van der Waals surface area contributed by atoms with Gasteiger partial charge in [-0.15, -0.1) is 0 Å². The van der Waals surface area contributed by atoms with Crippen LogP contribution >= 0.6 is 0 Å². The summed E-state index contributed by atoms with van der Waals surface area (Å²) in [6.45, 7) is 0.182. The van der Waals surface area contributed by atoms with Crippen molar-refractivity contribution < 1.29 is 17.9 Å². The Balaban J connectivity index is 1.64. The third kappa shape index (κ3) is 4.29. The van der Waals surface area contributed by atoms with Gasteiger partial charge in [0, 0.05) is 5.39 Å². The molecule has 0 amide bonds. The van der Waals surface area contributed by atoms with Gasteiger partial charge in [0.15, 0.2) is 0 Å². The predicted octanol–water partition coefficient (Wildman–Crippen LogP) is 5.97. The maximum absolute atomic E-state index is 13.7. The van der Waals surface area contributed by atoms with Gasteiger partial charge < -0.3 is 10.1 Å². The lowest BCUT2D eigenvalue weighted by atomic mass is 10.1. The van der Waals surface area contributed by atoms with Gasteiger partial charge in [-0.05, 0) is 35.9 Å². The number of hydrogen-bond acceptors (Lipinski definition) is 4. The molecule has 0 spiro atoms. The molecule has 3 aromatic carbocycles. The van der Waals surface area contributed by atoms with Crippen LogP contribution in [0.5, 0.6) is 5.75 Å². The molecule has 0 aliphatic carbocycles. The SMILES string of the molecule is FC(F)(F)c1cc(OCc2ccccc2)ccc1Nc1ncnc2ccccc12. The van der Waals surface area contributed by atoms with Crippen molar-refractivity contribution in [2.24, 2.45) is 0 Å². The van der Waals surface area contributed by atoms with E-state index in [4.69, 9.17) is 4.74 Å². The number of hydrogen-bond donors (Lipinski definition) is 1. The second-order valence-corrected chi connectivity index (χ2v) is 6.34. The van der Waals surface area contributed by atoms with E-state index < -0.39 is 11.7 Å². The van der Waals surface area contributed by atoms with Crippen LogP contribution < -0.4 is 10.1 Å². The van der Waals surface area contributed by atoms with Gasteiger partial charge in [-0.2, -0.15) is 13.2 Å². The first-order chi connectivity index (χ1) is 14.0. The van der Waals surface area contributed by atoms with Gasteiger partial charge >= 0.3 is 6.18 Å². The average molecular weight is 395 g/mol. The van der Waals surface area contributed by atoms with Crippen LogP contribution in [0.1, 0.15) is 11.1 Å². The lowest BCUT2D eigenvalue weighted by Crippen LogP contribution is -2.10. The van der Waals surface area contributed by atoms with Crippen LogP contribution in [0.4, 0.5) is 24.7 Å². The Kier molecular flexibility index (Phi) is 5.03. The summed E-state index contributed by atoms with van der Waals surface area (Å²) >= 11 is 0. The number of fused-ring (bicyclic) bond motifs is 1. The quantitative estimate of drug-likeness (QED) is 0.452. The second-order valence-electron chi connectivity index (χ2n) is 6.34. The highest BCUT2D eigenvalue weighted by atomic mass is 19.4. The fraction of sp³-hybridized carbons (Fsp3) is 0.0909. The minimum absolute atomic E-state index is 0.103. The van der Waals surface area contributed by atoms with Gasteiger partial charge in [-0.25, -0.2) is 9.97 Å². The molecule has 4 rings (SSSR count). The second kappa shape index (κ2) is 7.79. The van der Waals surface area contributed by atoms with E-state index in [0.717, 1.165) is 11.6 Å². The number of nitrogens with one attached hydrogen (secondary N) is 1. The van der Waals surface area contributed by atoms with Crippen LogP contribution in [-0.4, -0.2) is 9.97 Å². The highest BCUT2D eigenvalue weighted by Gasteiger charge is 2.34. The first-order valence-electron chi connectivity index (χ1n) is 8.85. The zero-order valence-electron chi connectivity index (χ0n) is 15.1. The van der Waals surface area contributed by atoms with E-state index in [1.54, 1.807) is 24.3 Å². The van der Waals surface area contributed by atoms with Crippen LogP contribution in [-0.2, 0) is 12.8 Å². The molecule has 0 saturated carbocycles. The van der Waals surface area contributed by atoms with Gasteiger partial charge in [0.2, 0.25) is 0 Å². The van der Waals surface area contributed by atoms with Crippen molar-refractivity contribution in [1.29, 1.82) is 0 Å². The van der Waals surface area contributed by atoms with Crippen molar-refractivity contribution in [3.63, 3.8) is 0 Å². The number of para-hydroxylation sites is 1. The van der Waals surface area contributed by atoms with E-state index in [1.165, 1.54) is 18.5 Å².